The number of Topliss-reactive ketones (excluding diaryl/α,β-unsaturated/α-hetero) is 1. The molecule has 3 saturated heterocycles. The van der Waals surface area contributed by atoms with Gasteiger partial charge >= 0.3 is 0 Å². The minimum Gasteiger partial charge on any atom is -0.507 e. The molecule has 3 fully saturated rings. The second-order valence-corrected chi connectivity index (χ2v) is 22.0. The number of hydrogen-bond donors (Lipinski definition) is 3. The van der Waals surface area contributed by atoms with Crippen molar-refractivity contribution in [2.24, 2.45) is 17.6 Å². The van der Waals surface area contributed by atoms with Gasteiger partial charge < -0.3 is 31.3 Å². The molecule has 4 heterocycles. The molecule has 1 aromatic heterocycles. The summed E-state index contributed by atoms with van der Waals surface area (Å²) >= 11 is 7.79. The molecule has 0 amide bonds. The largest absolute Gasteiger partial charge is 0.507 e. The highest BCUT2D eigenvalue weighted by Gasteiger charge is 2.28. The zero-order chi connectivity index (χ0) is 50.1. The fourth-order valence-electron chi connectivity index (χ4n) is 9.90. The standard InChI is InChI=1S/C29H51N3.C17H22ClN5S.C11H14O2/c1-5-15-30(16-6-2)22-25-11-17-31(18-12-25)23-26-13-19-32(20-14-26)24-27-9-10-28(7-3)29(8-4)21-27;1-11-4-3-5-12(14(11)18)24-16-15(19)22-13(10-21-16)23-8-6-17(2,20)7-9-23;1-7(2)9-4-5-11(13)10(6-9)8(3)12/h9-10,21,25-26H,5-8,11-20,22-24H2,1-4H3;3-5,10H,6-9,20H2,1-2H3,(H2,19,22);4-7,13H,1-3H3. The summed E-state index contributed by atoms with van der Waals surface area (Å²) < 4.78 is 0. The maximum absolute atomic E-state index is 11.1. The number of nitrogen functional groups attached to an aromatic ring is 1. The van der Waals surface area contributed by atoms with E-state index < -0.39 is 0 Å². The number of halogens is 1. The number of aromatic hydroxyl groups is 1. The fraction of sp³-hybridized carbons (Fsp3) is 0.596. The number of rotatable bonds is 17. The van der Waals surface area contributed by atoms with E-state index in [1.54, 1.807) is 23.9 Å². The number of aryl methyl sites for hydroxylation is 3. The zero-order valence-corrected chi connectivity index (χ0v) is 45.4. The molecule has 0 spiro atoms. The second kappa shape index (κ2) is 27.8. The van der Waals surface area contributed by atoms with Gasteiger partial charge in [0.1, 0.15) is 16.6 Å². The van der Waals surface area contributed by atoms with Gasteiger partial charge in [0.05, 0.1) is 16.8 Å². The highest BCUT2D eigenvalue weighted by molar-refractivity contribution is 7.99. The van der Waals surface area contributed by atoms with E-state index >= 15 is 0 Å². The minimum atomic E-state index is -0.0972. The van der Waals surface area contributed by atoms with Gasteiger partial charge in [-0.05, 0) is 188 Å². The number of benzene rings is 3. The maximum Gasteiger partial charge on any atom is 0.163 e. The lowest BCUT2D eigenvalue weighted by molar-refractivity contribution is 0.101. The topological polar surface area (TPSA) is 128 Å². The minimum absolute atomic E-state index is 0.0666. The number of likely N-dealkylation sites (tertiary alicyclic amines) is 2. The summed E-state index contributed by atoms with van der Waals surface area (Å²) in [5, 5.41) is 10.8. The fourth-order valence-corrected chi connectivity index (χ4v) is 11.0. The number of anilines is 2. The van der Waals surface area contributed by atoms with E-state index in [1.165, 1.54) is 121 Å². The molecule has 7 rings (SSSR count). The maximum atomic E-state index is 11.1. The second-order valence-electron chi connectivity index (χ2n) is 20.6. The molecule has 10 nitrogen and oxygen atoms in total. The van der Waals surface area contributed by atoms with E-state index in [2.05, 4.69) is 96.2 Å². The van der Waals surface area contributed by atoms with Crippen molar-refractivity contribution in [3.8, 4) is 5.75 Å². The number of carbonyl (C=O) groups excluding carboxylic acids is 1. The van der Waals surface area contributed by atoms with Gasteiger partial charge in [-0.1, -0.05) is 101 Å². The molecule has 3 aromatic carbocycles. The van der Waals surface area contributed by atoms with Gasteiger partial charge in [0.2, 0.25) is 0 Å². The van der Waals surface area contributed by atoms with E-state index in [9.17, 15) is 9.90 Å². The Morgan fingerprint density at radius 2 is 1.52 bits per heavy atom. The van der Waals surface area contributed by atoms with Crippen molar-refractivity contribution in [1.82, 2.24) is 24.7 Å². The van der Waals surface area contributed by atoms with Crippen molar-refractivity contribution >= 4 is 40.8 Å². The summed E-state index contributed by atoms with van der Waals surface area (Å²) in [6.45, 7) is 32.2. The van der Waals surface area contributed by atoms with E-state index in [0.717, 1.165) is 84.0 Å². The smallest absolute Gasteiger partial charge is 0.163 e. The molecule has 0 radical (unpaired) electrons. The Morgan fingerprint density at radius 3 is 2.12 bits per heavy atom. The summed E-state index contributed by atoms with van der Waals surface area (Å²) in [6.07, 6.45) is 14.1. The summed E-state index contributed by atoms with van der Waals surface area (Å²) in [4.78, 5) is 31.4. The van der Waals surface area contributed by atoms with E-state index in [1.807, 2.05) is 31.2 Å². The van der Waals surface area contributed by atoms with E-state index in [-0.39, 0.29) is 17.1 Å². The van der Waals surface area contributed by atoms with Gasteiger partial charge in [0.25, 0.3) is 0 Å². The molecule has 3 aliphatic heterocycles. The molecule has 0 bridgehead atoms. The van der Waals surface area contributed by atoms with Gasteiger partial charge in [-0.3, -0.25) is 9.69 Å². The third-order valence-corrected chi connectivity index (χ3v) is 16.1. The van der Waals surface area contributed by atoms with Crippen LogP contribution in [0.5, 0.6) is 5.75 Å². The molecular formula is C57H87ClN8O2S. The van der Waals surface area contributed by atoms with Crippen molar-refractivity contribution < 1.29 is 9.90 Å². The quantitative estimate of drug-likeness (QED) is 0.0875. The van der Waals surface area contributed by atoms with Crippen LogP contribution in [0.1, 0.15) is 151 Å². The van der Waals surface area contributed by atoms with Crippen LogP contribution >= 0.6 is 23.4 Å². The van der Waals surface area contributed by atoms with Crippen LogP contribution in [-0.2, 0) is 19.4 Å². The van der Waals surface area contributed by atoms with Gasteiger partial charge in [0, 0.05) is 43.2 Å². The molecule has 0 atom stereocenters. The Hall–Kier alpha value is -3.71. The normalized spacial score (nSPS) is 17.1. The first-order valence-corrected chi connectivity index (χ1v) is 27.4. The average molecular weight is 984 g/mol. The van der Waals surface area contributed by atoms with Crippen molar-refractivity contribution in [3.63, 3.8) is 0 Å². The third-order valence-electron chi connectivity index (χ3n) is 14.4. The zero-order valence-electron chi connectivity index (χ0n) is 43.8. The number of piperidine rings is 3. The van der Waals surface area contributed by atoms with Gasteiger partial charge in [-0.15, -0.1) is 0 Å². The Bertz CT molecular complexity index is 2190. The van der Waals surface area contributed by atoms with Crippen LogP contribution in [0.3, 0.4) is 0 Å². The lowest BCUT2D eigenvalue weighted by atomic mass is 9.91. The summed E-state index contributed by atoms with van der Waals surface area (Å²) in [6, 6.07) is 18.3. The number of phenols is 1. The predicted octanol–water partition coefficient (Wildman–Crippen LogP) is 12.1. The van der Waals surface area contributed by atoms with Crippen LogP contribution in [0, 0.1) is 18.8 Å². The van der Waals surface area contributed by atoms with Gasteiger partial charge in [-0.2, -0.15) is 0 Å². The van der Waals surface area contributed by atoms with Crippen molar-refractivity contribution in [2.45, 2.75) is 154 Å². The summed E-state index contributed by atoms with van der Waals surface area (Å²) in [5.41, 5.74) is 19.3. The Labute approximate surface area is 426 Å². The molecular weight excluding hydrogens is 896 g/mol. The highest BCUT2D eigenvalue weighted by Crippen LogP contribution is 2.37. The predicted molar refractivity (Wildman–Crippen MR) is 292 cm³/mol. The van der Waals surface area contributed by atoms with Crippen molar-refractivity contribution in [3.05, 3.63) is 99.2 Å². The summed E-state index contributed by atoms with van der Waals surface area (Å²) in [7, 11) is 0. The number of hydrogen-bond acceptors (Lipinski definition) is 11. The Kier molecular flexibility index (Phi) is 22.6. The first kappa shape index (κ1) is 56.2. The lowest BCUT2D eigenvalue weighted by Crippen LogP contribution is -2.48. The molecule has 3 aliphatic rings. The van der Waals surface area contributed by atoms with Crippen LogP contribution < -0.4 is 16.4 Å². The monoisotopic (exact) mass is 983 g/mol. The van der Waals surface area contributed by atoms with Crippen LogP contribution in [0.25, 0.3) is 0 Å². The number of phenolic OH excluding ortho intramolecular Hbond substituents is 1. The number of ketones is 1. The van der Waals surface area contributed by atoms with Gasteiger partial charge in [-0.25, -0.2) is 9.97 Å². The first-order chi connectivity index (χ1) is 33.0. The van der Waals surface area contributed by atoms with Gasteiger partial charge in [0.15, 0.2) is 11.6 Å². The van der Waals surface area contributed by atoms with Crippen molar-refractivity contribution in [2.75, 3.05) is 76.1 Å². The Balaban J connectivity index is 0.000000210. The molecule has 12 heteroatoms. The van der Waals surface area contributed by atoms with Crippen LogP contribution in [0.15, 0.2) is 70.7 Å². The SMILES string of the molecule is CC(=O)c1cc(C(C)C)ccc1O.CCCN(CCC)CC1CCN(CC2CCN(Cc3ccc(CC)c(CC)c3)CC2)CC1.Cc1cccc(Sc2ncc(N3CCC(C)(N)CC3)nc2N)c1Cl. The first-order valence-electron chi connectivity index (χ1n) is 26.2. The number of carbonyl (C=O) groups is 1. The molecule has 4 aromatic rings. The molecule has 69 heavy (non-hydrogen) atoms. The van der Waals surface area contributed by atoms with Crippen molar-refractivity contribution in [1.29, 1.82) is 0 Å². The molecule has 5 N–H and O–H groups in total. The number of nitrogens with two attached hydrogens (primary N) is 2. The van der Waals surface area contributed by atoms with Crippen LogP contribution in [-0.4, -0.2) is 107 Å². The highest BCUT2D eigenvalue weighted by atomic mass is 35.5. The van der Waals surface area contributed by atoms with E-state index in [0.29, 0.717) is 22.3 Å². The van der Waals surface area contributed by atoms with E-state index in [4.69, 9.17) is 23.1 Å². The van der Waals surface area contributed by atoms with Crippen LogP contribution in [0.4, 0.5) is 11.6 Å². The number of aromatic nitrogens is 2. The third kappa shape index (κ3) is 17.5. The molecule has 380 valence electrons. The number of nitrogens with zero attached hydrogens (tertiary/aromatic N) is 6. The van der Waals surface area contributed by atoms with Crippen LogP contribution in [0.2, 0.25) is 5.02 Å². The average Bonchev–Trinajstić information content (AvgIpc) is 3.33. The molecule has 0 unspecified atom stereocenters. The molecule has 0 aliphatic carbocycles. The lowest BCUT2D eigenvalue weighted by Gasteiger charge is -2.38. The summed E-state index contributed by atoms with van der Waals surface area (Å²) in [5.74, 6) is 3.42. The Morgan fingerprint density at radius 1 is 0.884 bits per heavy atom. The molecule has 0 saturated carbocycles.